The molecule has 22 heavy (non-hydrogen) atoms. The van der Waals surface area contributed by atoms with Crippen LogP contribution in [0.1, 0.15) is 5.69 Å². The van der Waals surface area contributed by atoms with Gasteiger partial charge in [-0.15, -0.1) is 0 Å². The van der Waals surface area contributed by atoms with Crippen LogP contribution in [0.25, 0.3) is 33.1 Å². The summed E-state index contributed by atoms with van der Waals surface area (Å²) in [7, 11) is 0. The Morgan fingerprint density at radius 2 is 2.05 bits per heavy atom. The van der Waals surface area contributed by atoms with Gasteiger partial charge < -0.3 is 5.11 Å². The molecule has 1 aromatic carbocycles. The Labute approximate surface area is 125 Å². The van der Waals surface area contributed by atoms with Gasteiger partial charge >= 0.3 is 0 Å². The summed E-state index contributed by atoms with van der Waals surface area (Å²) in [6, 6.07) is 13.0. The summed E-state index contributed by atoms with van der Waals surface area (Å²) in [6.07, 6.45) is 3.49. The number of nitriles is 1. The lowest BCUT2D eigenvalue weighted by Crippen LogP contribution is -2.02. The van der Waals surface area contributed by atoms with Gasteiger partial charge in [0.05, 0.1) is 17.8 Å². The number of hydrogen-bond acceptors (Lipinski definition) is 3. The van der Waals surface area contributed by atoms with Crippen LogP contribution in [0.15, 0.2) is 48.8 Å². The van der Waals surface area contributed by atoms with Crippen LogP contribution >= 0.6 is 0 Å². The van der Waals surface area contributed by atoms with Crippen molar-refractivity contribution in [3.05, 3.63) is 54.5 Å². The summed E-state index contributed by atoms with van der Waals surface area (Å²) in [4.78, 5) is 10.5. The van der Waals surface area contributed by atoms with Gasteiger partial charge in [0, 0.05) is 16.5 Å². The van der Waals surface area contributed by atoms with Gasteiger partial charge in [0.25, 0.3) is 5.65 Å². The van der Waals surface area contributed by atoms with Crippen molar-refractivity contribution >= 4 is 21.9 Å². The van der Waals surface area contributed by atoms with Crippen LogP contribution in [0.5, 0.6) is 5.75 Å². The van der Waals surface area contributed by atoms with Gasteiger partial charge in [0.1, 0.15) is 17.5 Å². The minimum atomic E-state index is 0.231. The second kappa shape index (κ2) is 4.57. The number of aromatic hydroxyl groups is 1. The third kappa shape index (κ3) is 1.79. The van der Waals surface area contributed by atoms with E-state index < -0.39 is 0 Å². The molecule has 0 aliphatic rings. The topological polar surface area (TPSA) is 86.8 Å². The Kier molecular flexibility index (Phi) is 2.57. The third-order valence-electron chi connectivity index (χ3n) is 3.72. The van der Waals surface area contributed by atoms with Crippen molar-refractivity contribution in [2.24, 2.45) is 0 Å². The molecule has 3 N–H and O–H groups in total. The molecule has 0 aliphatic heterocycles. The number of rotatable bonds is 1. The molecule has 0 aliphatic carbocycles. The molecule has 0 saturated carbocycles. The van der Waals surface area contributed by atoms with Crippen molar-refractivity contribution in [1.82, 2.24) is 9.97 Å². The molecule has 0 amide bonds. The number of nitrogens with zero attached hydrogens (tertiary/aromatic N) is 2. The van der Waals surface area contributed by atoms with Crippen molar-refractivity contribution in [2.45, 2.75) is 0 Å². The maximum atomic E-state index is 10.0. The zero-order valence-corrected chi connectivity index (χ0v) is 11.5. The highest BCUT2D eigenvalue weighted by Crippen LogP contribution is 2.31. The molecule has 5 nitrogen and oxygen atoms in total. The normalized spacial score (nSPS) is 10.9. The number of aromatic nitrogens is 3. The number of H-pyrrole nitrogens is 2. The van der Waals surface area contributed by atoms with Crippen LogP contribution in [-0.2, 0) is 0 Å². The number of fused-ring (bicyclic) bond motifs is 3. The smallest absolute Gasteiger partial charge is 0.285 e. The Morgan fingerprint density at radius 3 is 2.86 bits per heavy atom. The van der Waals surface area contributed by atoms with Crippen molar-refractivity contribution in [1.29, 1.82) is 5.26 Å². The molecule has 0 fully saturated rings. The summed E-state index contributed by atoms with van der Waals surface area (Å²) in [5.74, 6) is 0.231. The van der Waals surface area contributed by atoms with E-state index in [1.807, 2.05) is 24.4 Å². The van der Waals surface area contributed by atoms with Gasteiger partial charge in [-0.05, 0) is 18.2 Å². The second-order valence-electron chi connectivity index (χ2n) is 5.05. The average Bonchev–Trinajstić information content (AvgIpc) is 2.92. The molecule has 0 bridgehead atoms. The maximum Gasteiger partial charge on any atom is 0.285 e. The third-order valence-corrected chi connectivity index (χ3v) is 3.72. The van der Waals surface area contributed by atoms with Gasteiger partial charge in [0.15, 0.2) is 5.52 Å². The number of hydrogen-bond donors (Lipinski definition) is 2. The first kappa shape index (κ1) is 12.4. The van der Waals surface area contributed by atoms with Gasteiger partial charge in [-0.3, -0.25) is 0 Å². The summed E-state index contributed by atoms with van der Waals surface area (Å²) in [5, 5.41) is 20.9. The fourth-order valence-corrected chi connectivity index (χ4v) is 2.66. The number of phenolic OH excluding ortho intramolecular Hbond substituents is 1. The van der Waals surface area contributed by atoms with Crippen LogP contribution in [0.2, 0.25) is 0 Å². The lowest BCUT2D eigenvalue weighted by atomic mass is 10.0. The molecule has 104 valence electrons. The monoisotopic (exact) mass is 287 g/mol. The van der Waals surface area contributed by atoms with Crippen LogP contribution in [0, 0.1) is 11.3 Å². The van der Waals surface area contributed by atoms with E-state index in [4.69, 9.17) is 5.26 Å². The molecule has 0 unspecified atom stereocenters. The molecule has 3 heterocycles. The summed E-state index contributed by atoms with van der Waals surface area (Å²) in [6.45, 7) is 0. The first-order valence-electron chi connectivity index (χ1n) is 6.78. The van der Waals surface area contributed by atoms with Crippen molar-refractivity contribution in [3.63, 3.8) is 0 Å². The fraction of sp³-hybridized carbons (Fsp3) is 0. The minimum Gasteiger partial charge on any atom is -0.507 e. The first-order valence-corrected chi connectivity index (χ1v) is 6.78. The quantitative estimate of drug-likeness (QED) is 0.564. The van der Waals surface area contributed by atoms with E-state index in [-0.39, 0.29) is 5.75 Å². The fourth-order valence-electron chi connectivity index (χ4n) is 2.66. The lowest BCUT2D eigenvalue weighted by Gasteiger charge is -2.02. The summed E-state index contributed by atoms with van der Waals surface area (Å²) < 4.78 is 0. The number of aromatic amines is 2. The molecule has 4 aromatic rings. The molecule has 4 rings (SSSR count). The molecular formula is C17H11N4O+. The van der Waals surface area contributed by atoms with Gasteiger partial charge in [-0.2, -0.15) is 5.26 Å². The Bertz CT molecular complexity index is 1060. The highest BCUT2D eigenvalue weighted by Gasteiger charge is 2.14. The second-order valence-corrected chi connectivity index (χ2v) is 5.05. The number of nitrogens with one attached hydrogen (secondary N) is 2. The molecular weight excluding hydrogens is 276 g/mol. The summed E-state index contributed by atoms with van der Waals surface area (Å²) >= 11 is 0. The zero-order chi connectivity index (χ0) is 15.1. The van der Waals surface area contributed by atoms with E-state index in [0.717, 1.165) is 33.1 Å². The van der Waals surface area contributed by atoms with Crippen molar-refractivity contribution < 1.29 is 10.1 Å². The Balaban J connectivity index is 2.02. The maximum absolute atomic E-state index is 10.0. The van der Waals surface area contributed by atoms with E-state index >= 15 is 0 Å². The highest BCUT2D eigenvalue weighted by molar-refractivity contribution is 6.05. The minimum absolute atomic E-state index is 0.231. The number of benzene rings is 1. The molecule has 0 atom stereocenters. The molecule has 5 heteroatoms. The first-order chi connectivity index (χ1) is 10.8. The van der Waals surface area contributed by atoms with E-state index in [2.05, 4.69) is 21.0 Å². The lowest BCUT2D eigenvalue weighted by molar-refractivity contribution is -0.346. The van der Waals surface area contributed by atoms with E-state index in [1.54, 1.807) is 24.4 Å². The molecule has 0 spiro atoms. The van der Waals surface area contributed by atoms with E-state index in [0.29, 0.717) is 5.69 Å². The molecule has 3 aromatic heterocycles. The highest BCUT2D eigenvalue weighted by atomic mass is 16.3. The average molecular weight is 287 g/mol. The number of phenols is 1. The van der Waals surface area contributed by atoms with Crippen LogP contribution < -0.4 is 4.98 Å². The standard InChI is InChI=1S/C17H10N4O/c18-7-11-6-13-14-5-10(12-3-1-2-4-16(12)22)8-20-17(14)21-15(13)9-19-11/h1-6,8-9,22H,(H,20,21)/p+1. The van der Waals surface area contributed by atoms with Gasteiger partial charge in [-0.25, -0.2) is 15.0 Å². The summed E-state index contributed by atoms with van der Waals surface area (Å²) in [5.41, 5.74) is 3.72. The zero-order valence-electron chi connectivity index (χ0n) is 11.5. The number of pyridine rings is 2. The predicted octanol–water partition coefficient (Wildman–Crippen LogP) is 2.77. The SMILES string of the molecule is N#Cc1cc2c(cn1)[nH]c1[nH+]cc(-c3ccccc3O)cc12. The van der Waals surface area contributed by atoms with Crippen molar-refractivity contribution in [2.75, 3.05) is 0 Å². The van der Waals surface area contributed by atoms with Crippen molar-refractivity contribution in [3.8, 4) is 22.9 Å². The molecule has 0 saturated heterocycles. The van der Waals surface area contributed by atoms with Crippen LogP contribution in [0.4, 0.5) is 0 Å². The van der Waals surface area contributed by atoms with E-state index in [1.165, 1.54) is 0 Å². The Morgan fingerprint density at radius 1 is 1.18 bits per heavy atom. The Hall–Kier alpha value is -3.39. The van der Waals surface area contributed by atoms with Gasteiger partial charge in [0.2, 0.25) is 0 Å². The van der Waals surface area contributed by atoms with E-state index in [9.17, 15) is 5.11 Å². The molecule has 0 radical (unpaired) electrons. The van der Waals surface area contributed by atoms with Crippen LogP contribution in [0.3, 0.4) is 0 Å². The van der Waals surface area contributed by atoms with Crippen LogP contribution in [-0.4, -0.2) is 15.1 Å². The van der Waals surface area contributed by atoms with Gasteiger partial charge in [-0.1, -0.05) is 18.2 Å². The largest absolute Gasteiger partial charge is 0.507 e. The predicted molar refractivity (Wildman–Crippen MR) is 82.0 cm³/mol. The number of para-hydroxylation sites is 1.